The topological polar surface area (TPSA) is 34.1 Å². The molecule has 0 saturated heterocycles. The van der Waals surface area contributed by atoms with Crippen LogP contribution in [0.3, 0.4) is 0 Å². The van der Waals surface area contributed by atoms with Gasteiger partial charge in [0.25, 0.3) is 0 Å². The molecule has 0 amide bonds. The van der Waals surface area contributed by atoms with Gasteiger partial charge in [0.1, 0.15) is 0 Å². The third-order valence-electron chi connectivity index (χ3n) is 3.99. The smallest absolute Gasteiger partial charge is 0.310 e. The monoisotopic (exact) mass is 368 g/mol. The third-order valence-corrected chi connectivity index (χ3v) is 6.90. The van der Waals surface area contributed by atoms with Crippen molar-refractivity contribution in [1.82, 2.24) is 0 Å². The fourth-order valence-corrected chi connectivity index (χ4v) is 5.38. The number of rotatable bonds is 6. The minimum absolute atomic E-state index is 0.0553. The number of carbonyl (C=O) groups is 1. The highest BCUT2D eigenvalue weighted by molar-refractivity contribution is 7.87. The molecule has 0 saturated carbocycles. The molecule has 0 bridgehead atoms. The number of benzene rings is 2. The largest absolute Gasteiger partial charge is 0.417 e. The van der Waals surface area contributed by atoms with Gasteiger partial charge in [-0.2, -0.15) is 13.2 Å². The highest BCUT2D eigenvalue weighted by Crippen LogP contribution is 2.50. The Morgan fingerprint density at radius 3 is 2.12 bits per heavy atom. The van der Waals surface area contributed by atoms with Crippen LogP contribution in [-0.2, 0) is 10.7 Å². The summed E-state index contributed by atoms with van der Waals surface area (Å²) < 4.78 is 53.4. The molecule has 0 aliphatic heterocycles. The van der Waals surface area contributed by atoms with E-state index in [-0.39, 0.29) is 12.1 Å². The van der Waals surface area contributed by atoms with E-state index < -0.39 is 30.0 Å². The van der Waals surface area contributed by atoms with E-state index in [9.17, 15) is 22.5 Å². The van der Waals surface area contributed by atoms with Crippen molar-refractivity contribution in [3.8, 4) is 0 Å². The molecule has 2 rings (SSSR count). The second-order valence-corrected chi connectivity index (χ2v) is 9.18. The van der Waals surface area contributed by atoms with Gasteiger partial charge in [0.15, 0.2) is 7.14 Å². The SMILES string of the molecule is CC(C)CCP(=O)(C(=O)c1ccccc1C(F)(F)F)c1ccccc1. The molecule has 2 aromatic carbocycles. The highest BCUT2D eigenvalue weighted by atomic mass is 31.2. The number of hydrogen-bond acceptors (Lipinski definition) is 2. The first-order valence-corrected chi connectivity index (χ1v) is 9.91. The van der Waals surface area contributed by atoms with Crippen LogP contribution in [0.15, 0.2) is 54.6 Å². The standard InChI is InChI=1S/C19H20F3O2P/c1-14(2)12-13-25(24,15-8-4-3-5-9-15)18(23)16-10-6-7-11-17(16)19(20,21)22/h3-11,14H,12-13H2,1-2H3. The number of carbonyl (C=O) groups excluding carboxylic acids is 1. The zero-order valence-corrected chi connectivity index (χ0v) is 15.0. The molecule has 0 radical (unpaired) electrons. The summed E-state index contributed by atoms with van der Waals surface area (Å²) in [5.41, 5.74) is -2.49. The molecule has 0 aromatic heterocycles. The van der Waals surface area contributed by atoms with Gasteiger partial charge >= 0.3 is 6.18 Å². The Hall–Kier alpha value is -1.87. The molecule has 1 atom stereocenters. The lowest BCUT2D eigenvalue weighted by Gasteiger charge is -2.20. The summed E-state index contributed by atoms with van der Waals surface area (Å²) in [6.45, 7) is 3.84. The molecule has 0 aliphatic carbocycles. The molecule has 0 heterocycles. The minimum atomic E-state index is -4.67. The maximum absolute atomic E-state index is 13.6. The molecule has 134 valence electrons. The van der Waals surface area contributed by atoms with Crippen LogP contribution in [0.4, 0.5) is 13.2 Å². The van der Waals surface area contributed by atoms with Crippen molar-refractivity contribution in [2.45, 2.75) is 26.4 Å². The van der Waals surface area contributed by atoms with Gasteiger partial charge < -0.3 is 4.57 Å². The first-order valence-electron chi connectivity index (χ1n) is 8.02. The fourth-order valence-electron chi connectivity index (χ4n) is 2.57. The first-order chi connectivity index (χ1) is 11.7. The summed E-state index contributed by atoms with van der Waals surface area (Å²) >= 11 is 0. The molecule has 2 nitrogen and oxygen atoms in total. The molecule has 0 spiro atoms. The van der Waals surface area contributed by atoms with E-state index in [1.807, 2.05) is 13.8 Å². The van der Waals surface area contributed by atoms with Gasteiger partial charge in [0.05, 0.1) is 5.56 Å². The average Bonchev–Trinajstić information content (AvgIpc) is 2.59. The Balaban J connectivity index is 2.56. The normalized spacial score (nSPS) is 14.3. The maximum Gasteiger partial charge on any atom is 0.417 e. The zero-order valence-electron chi connectivity index (χ0n) is 14.1. The summed E-state index contributed by atoms with van der Waals surface area (Å²) in [7, 11) is -3.67. The molecular formula is C19H20F3O2P. The Kier molecular flexibility index (Phi) is 5.89. The molecule has 0 N–H and O–H groups in total. The summed E-state index contributed by atoms with van der Waals surface area (Å²) in [5.74, 6) is 0.183. The second-order valence-electron chi connectivity index (χ2n) is 6.33. The predicted octanol–water partition coefficient (Wildman–Crippen LogP) is 5.58. The van der Waals surface area contributed by atoms with Crippen molar-refractivity contribution in [2.24, 2.45) is 5.92 Å². The molecule has 25 heavy (non-hydrogen) atoms. The van der Waals surface area contributed by atoms with E-state index >= 15 is 0 Å². The number of halogens is 3. The van der Waals surface area contributed by atoms with E-state index in [1.54, 1.807) is 30.3 Å². The van der Waals surface area contributed by atoms with Crippen molar-refractivity contribution in [2.75, 3.05) is 6.16 Å². The molecule has 6 heteroatoms. The molecule has 0 fully saturated rings. The van der Waals surface area contributed by atoms with Crippen molar-refractivity contribution < 1.29 is 22.5 Å². The summed E-state index contributed by atoms with van der Waals surface area (Å²) in [6.07, 6.45) is -4.13. The predicted molar refractivity (Wildman–Crippen MR) is 93.8 cm³/mol. The quantitative estimate of drug-likeness (QED) is 0.624. The van der Waals surface area contributed by atoms with Crippen molar-refractivity contribution in [1.29, 1.82) is 0 Å². The zero-order chi connectivity index (χ0) is 18.7. The second kappa shape index (κ2) is 7.57. The summed E-state index contributed by atoms with van der Waals surface area (Å²) in [6, 6.07) is 12.6. The number of hydrogen-bond donors (Lipinski definition) is 0. The van der Waals surface area contributed by atoms with Crippen LogP contribution in [0, 0.1) is 5.92 Å². The van der Waals surface area contributed by atoms with Gasteiger partial charge in [-0.25, -0.2) is 0 Å². The molecule has 2 aromatic rings. The Labute approximate surface area is 145 Å². The number of alkyl halides is 3. The average molecular weight is 368 g/mol. The van der Waals surface area contributed by atoms with Crippen LogP contribution in [0.25, 0.3) is 0 Å². The van der Waals surface area contributed by atoms with Crippen molar-refractivity contribution >= 4 is 18.0 Å². The van der Waals surface area contributed by atoms with E-state index in [1.165, 1.54) is 12.1 Å². The van der Waals surface area contributed by atoms with Gasteiger partial charge in [-0.3, -0.25) is 4.79 Å². The van der Waals surface area contributed by atoms with Crippen LogP contribution in [-0.4, -0.2) is 11.7 Å². The molecule has 1 unspecified atom stereocenters. The van der Waals surface area contributed by atoms with Crippen LogP contribution in [0.1, 0.15) is 36.2 Å². The third kappa shape index (κ3) is 4.40. The summed E-state index contributed by atoms with van der Waals surface area (Å²) in [5, 5.41) is 0.303. The Bertz CT molecular complexity index is 783. The fraction of sp³-hybridized carbons (Fsp3) is 0.316. The van der Waals surface area contributed by atoms with Gasteiger partial charge in [0.2, 0.25) is 5.52 Å². The Morgan fingerprint density at radius 1 is 1.00 bits per heavy atom. The van der Waals surface area contributed by atoms with Crippen LogP contribution in [0.5, 0.6) is 0 Å². The maximum atomic E-state index is 13.6. The molecular weight excluding hydrogens is 348 g/mol. The highest BCUT2D eigenvalue weighted by Gasteiger charge is 2.41. The van der Waals surface area contributed by atoms with Crippen LogP contribution in [0.2, 0.25) is 0 Å². The van der Waals surface area contributed by atoms with Crippen molar-refractivity contribution in [3.05, 3.63) is 65.7 Å². The van der Waals surface area contributed by atoms with Gasteiger partial charge in [-0.1, -0.05) is 62.4 Å². The van der Waals surface area contributed by atoms with Crippen LogP contribution >= 0.6 is 7.14 Å². The van der Waals surface area contributed by atoms with Gasteiger partial charge in [-0.15, -0.1) is 0 Å². The lowest BCUT2D eigenvalue weighted by Crippen LogP contribution is -2.20. The van der Waals surface area contributed by atoms with E-state index in [2.05, 4.69) is 0 Å². The van der Waals surface area contributed by atoms with E-state index in [0.717, 1.165) is 12.1 Å². The lowest BCUT2D eigenvalue weighted by atomic mass is 10.1. The lowest BCUT2D eigenvalue weighted by molar-refractivity contribution is -0.137. The van der Waals surface area contributed by atoms with E-state index in [4.69, 9.17) is 0 Å². The summed E-state index contributed by atoms with van der Waals surface area (Å²) in [4.78, 5) is 13.0. The first kappa shape index (κ1) is 19.5. The van der Waals surface area contributed by atoms with Gasteiger partial charge in [0, 0.05) is 17.0 Å². The van der Waals surface area contributed by atoms with Crippen LogP contribution < -0.4 is 5.30 Å². The van der Waals surface area contributed by atoms with Gasteiger partial charge in [-0.05, 0) is 18.4 Å². The molecule has 0 aliphatic rings. The van der Waals surface area contributed by atoms with E-state index in [0.29, 0.717) is 11.7 Å². The Morgan fingerprint density at radius 2 is 1.56 bits per heavy atom. The minimum Gasteiger partial charge on any atom is -0.310 e. The van der Waals surface area contributed by atoms with Crippen molar-refractivity contribution in [3.63, 3.8) is 0 Å².